The molecule has 0 atom stereocenters. The second kappa shape index (κ2) is 5.81. The number of benzene rings is 2. The normalized spacial score (nSPS) is 10.7. The third kappa shape index (κ3) is 3.12. The Bertz CT molecular complexity index is 754. The van der Waals surface area contributed by atoms with E-state index in [1.807, 2.05) is 54.6 Å². The van der Waals surface area contributed by atoms with Crippen LogP contribution in [0.4, 0.5) is 5.69 Å². The molecule has 4 heteroatoms. The number of aliphatic hydroxyl groups excluding tert-OH is 1. The minimum atomic E-state index is 0.148. The van der Waals surface area contributed by atoms with Gasteiger partial charge < -0.3 is 15.6 Å². The summed E-state index contributed by atoms with van der Waals surface area (Å²) in [4.78, 5) is 4.45. The van der Waals surface area contributed by atoms with Gasteiger partial charge in [0.25, 0.3) is 0 Å². The van der Waals surface area contributed by atoms with Crippen molar-refractivity contribution in [3.05, 3.63) is 60.2 Å². The van der Waals surface area contributed by atoms with Crippen molar-refractivity contribution in [2.24, 2.45) is 0 Å². The first kappa shape index (κ1) is 13.4. The molecule has 1 aromatic heterocycles. The van der Waals surface area contributed by atoms with Gasteiger partial charge in [-0.1, -0.05) is 12.1 Å². The summed E-state index contributed by atoms with van der Waals surface area (Å²) in [6.07, 6.45) is 0.649. The van der Waals surface area contributed by atoms with Crippen LogP contribution in [0, 0.1) is 0 Å². The number of rotatable bonds is 4. The van der Waals surface area contributed by atoms with Crippen LogP contribution in [0.5, 0.6) is 11.6 Å². The van der Waals surface area contributed by atoms with Crippen LogP contribution >= 0.6 is 0 Å². The highest BCUT2D eigenvalue weighted by Gasteiger charge is 2.02. The molecule has 0 saturated heterocycles. The Morgan fingerprint density at radius 3 is 2.57 bits per heavy atom. The highest BCUT2D eigenvalue weighted by Crippen LogP contribution is 2.23. The van der Waals surface area contributed by atoms with Gasteiger partial charge in [0.15, 0.2) is 0 Å². The number of ether oxygens (including phenoxy) is 1. The number of hydrogen-bond donors (Lipinski definition) is 2. The van der Waals surface area contributed by atoms with Crippen molar-refractivity contribution in [3.63, 3.8) is 0 Å². The van der Waals surface area contributed by atoms with Gasteiger partial charge in [0.1, 0.15) is 5.75 Å². The average Bonchev–Trinajstić information content (AvgIpc) is 2.50. The van der Waals surface area contributed by atoms with E-state index in [0.29, 0.717) is 12.3 Å². The third-order valence-corrected chi connectivity index (χ3v) is 3.23. The van der Waals surface area contributed by atoms with Gasteiger partial charge in [0.2, 0.25) is 5.88 Å². The fraction of sp³-hybridized carbons (Fsp3) is 0.118. The topological polar surface area (TPSA) is 68.4 Å². The number of nitrogens with two attached hydrogens (primary N) is 1. The number of nitrogens with zero attached hydrogens (tertiary/aromatic N) is 1. The molecule has 0 saturated carbocycles. The molecule has 1 heterocycles. The van der Waals surface area contributed by atoms with Gasteiger partial charge in [-0.15, -0.1) is 0 Å². The molecule has 21 heavy (non-hydrogen) atoms. The van der Waals surface area contributed by atoms with Crippen molar-refractivity contribution in [1.29, 1.82) is 0 Å². The number of aliphatic hydroxyl groups is 1. The molecule has 3 aromatic rings. The zero-order valence-corrected chi connectivity index (χ0v) is 11.5. The number of nitrogen functional groups attached to an aromatic ring is 1. The van der Waals surface area contributed by atoms with E-state index in [0.717, 1.165) is 27.9 Å². The SMILES string of the molecule is Nc1ccc2nc(Oc3ccc(CCO)cc3)ccc2c1. The molecule has 0 fully saturated rings. The van der Waals surface area contributed by atoms with Crippen LogP contribution in [-0.4, -0.2) is 16.7 Å². The van der Waals surface area contributed by atoms with Crippen LogP contribution in [-0.2, 0) is 6.42 Å². The molecule has 0 aliphatic heterocycles. The standard InChI is InChI=1S/C17H16N2O2/c18-14-4-7-16-13(11-14)3-8-17(19-16)21-15-5-1-12(2-6-15)9-10-20/h1-8,11,20H,9-10,18H2. The van der Waals surface area contributed by atoms with E-state index in [2.05, 4.69) is 4.98 Å². The molecule has 0 aliphatic rings. The molecule has 0 unspecified atom stereocenters. The highest BCUT2D eigenvalue weighted by molar-refractivity contribution is 5.82. The largest absolute Gasteiger partial charge is 0.439 e. The molecule has 0 bridgehead atoms. The van der Waals surface area contributed by atoms with E-state index >= 15 is 0 Å². The van der Waals surface area contributed by atoms with Crippen LogP contribution in [0.3, 0.4) is 0 Å². The first-order valence-corrected chi connectivity index (χ1v) is 6.78. The Labute approximate surface area is 122 Å². The Morgan fingerprint density at radius 2 is 1.81 bits per heavy atom. The van der Waals surface area contributed by atoms with Crippen molar-refractivity contribution < 1.29 is 9.84 Å². The Morgan fingerprint density at radius 1 is 1.00 bits per heavy atom. The van der Waals surface area contributed by atoms with Crippen molar-refractivity contribution in [2.75, 3.05) is 12.3 Å². The first-order valence-electron chi connectivity index (χ1n) is 6.78. The summed E-state index contributed by atoms with van der Waals surface area (Å²) < 4.78 is 5.74. The Hall–Kier alpha value is -2.59. The molecule has 0 amide bonds. The number of aromatic nitrogens is 1. The molecule has 0 aliphatic carbocycles. The second-order valence-corrected chi connectivity index (χ2v) is 4.82. The van der Waals surface area contributed by atoms with Gasteiger partial charge in [-0.3, -0.25) is 0 Å². The quantitative estimate of drug-likeness (QED) is 0.720. The summed E-state index contributed by atoms with van der Waals surface area (Å²) in [5.41, 5.74) is 8.39. The predicted octanol–water partition coefficient (Wildman–Crippen LogP) is 3.14. The number of fused-ring (bicyclic) bond motifs is 1. The zero-order valence-electron chi connectivity index (χ0n) is 11.5. The predicted molar refractivity (Wildman–Crippen MR) is 83.5 cm³/mol. The summed E-state index contributed by atoms with van der Waals surface area (Å²) in [7, 11) is 0. The molecule has 3 N–H and O–H groups in total. The lowest BCUT2D eigenvalue weighted by atomic mass is 10.1. The maximum atomic E-state index is 8.89. The maximum Gasteiger partial charge on any atom is 0.219 e. The Kier molecular flexibility index (Phi) is 3.71. The van der Waals surface area contributed by atoms with Crippen molar-refractivity contribution >= 4 is 16.6 Å². The summed E-state index contributed by atoms with van der Waals surface area (Å²) in [6, 6.07) is 17.0. The van der Waals surface area contributed by atoms with E-state index in [-0.39, 0.29) is 6.61 Å². The van der Waals surface area contributed by atoms with Gasteiger partial charge in [-0.05, 0) is 48.4 Å². The molecule has 4 nitrogen and oxygen atoms in total. The monoisotopic (exact) mass is 280 g/mol. The lowest BCUT2D eigenvalue weighted by molar-refractivity contribution is 0.299. The van der Waals surface area contributed by atoms with E-state index in [1.165, 1.54) is 0 Å². The van der Waals surface area contributed by atoms with Gasteiger partial charge in [-0.25, -0.2) is 4.98 Å². The van der Waals surface area contributed by atoms with Gasteiger partial charge in [0.05, 0.1) is 5.52 Å². The highest BCUT2D eigenvalue weighted by atomic mass is 16.5. The number of anilines is 1. The Balaban J connectivity index is 1.82. The smallest absolute Gasteiger partial charge is 0.219 e. The van der Waals surface area contributed by atoms with Crippen LogP contribution in [0.2, 0.25) is 0 Å². The summed E-state index contributed by atoms with van der Waals surface area (Å²) in [5, 5.41) is 9.88. The molecular formula is C17H16N2O2. The van der Waals surface area contributed by atoms with Crippen LogP contribution < -0.4 is 10.5 Å². The summed E-state index contributed by atoms with van der Waals surface area (Å²) >= 11 is 0. The minimum Gasteiger partial charge on any atom is -0.439 e. The third-order valence-electron chi connectivity index (χ3n) is 3.23. The van der Waals surface area contributed by atoms with E-state index in [4.69, 9.17) is 15.6 Å². The average molecular weight is 280 g/mol. The molecular weight excluding hydrogens is 264 g/mol. The molecule has 3 rings (SSSR count). The number of pyridine rings is 1. The van der Waals surface area contributed by atoms with Gasteiger partial charge >= 0.3 is 0 Å². The maximum absolute atomic E-state index is 8.89. The van der Waals surface area contributed by atoms with Gasteiger partial charge in [0, 0.05) is 23.7 Å². The van der Waals surface area contributed by atoms with Crippen LogP contribution in [0.25, 0.3) is 10.9 Å². The van der Waals surface area contributed by atoms with Crippen molar-refractivity contribution in [2.45, 2.75) is 6.42 Å². The summed E-state index contributed by atoms with van der Waals surface area (Å²) in [6.45, 7) is 0.148. The molecule has 2 aromatic carbocycles. The van der Waals surface area contributed by atoms with Crippen LogP contribution in [0.1, 0.15) is 5.56 Å². The van der Waals surface area contributed by atoms with Crippen molar-refractivity contribution in [1.82, 2.24) is 4.98 Å². The van der Waals surface area contributed by atoms with Crippen molar-refractivity contribution in [3.8, 4) is 11.6 Å². The molecule has 0 radical (unpaired) electrons. The molecule has 106 valence electrons. The van der Waals surface area contributed by atoms with E-state index in [1.54, 1.807) is 0 Å². The fourth-order valence-corrected chi connectivity index (χ4v) is 2.16. The lowest BCUT2D eigenvalue weighted by Gasteiger charge is -2.07. The van der Waals surface area contributed by atoms with E-state index in [9.17, 15) is 0 Å². The molecule has 0 spiro atoms. The zero-order chi connectivity index (χ0) is 14.7. The number of hydrogen-bond acceptors (Lipinski definition) is 4. The van der Waals surface area contributed by atoms with Gasteiger partial charge in [-0.2, -0.15) is 0 Å². The first-order chi connectivity index (χ1) is 10.2. The fourth-order valence-electron chi connectivity index (χ4n) is 2.16. The second-order valence-electron chi connectivity index (χ2n) is 4.82. The van der Waals surface area contributed by atoms with E-state index < -0.39 is 0 Å². The minimum absolute atomic E-state index is 0.148. The lowest BCUT2D eigenvalue weighted by Crippen LogP contribution is -1.92. The summed E-state index contributed by atoms with van der Waals surface area (Å²) in [5.74, 6) is 1.26. The van der Waals surface area contributed by atoms with Crippen LogP contribution in [0.15, 0.2) is 54.6 Å².